The molecule has 1 aliphatic carbocycles. The van der Waals surface area contributed by atoms with Gasteiger partial charge in [0.1, 0.15) is 11.2 Å². The van der Waals surface area contributed by atoms with Crippen molar-refractivity contribution in [2.24, 2.45) is 5.41 Å². The number of likely N-dealkylation sites (N-methyl/N-ethyl adjacent to an activating group) is 1. The van der Waals surface area contributed by atoms with Gasteiger partial charge < -0.3 is 25.2 Å². The average molecular weight is 608 g/mol. The third-order valence-electron chi connectivity index (χ3n) is 8.32. The van der Waals surface area contributed by atoms with Gasteiger partial charge in [-0.25, -0.2) is 23.8 Å². The number of aliphatic carboxylic acids is 2. The second-order valence-corrected chi connectivity index (χ2v) is 11.5. The molecule has 1 aromatic heterocycles. The summed E-state index contributed by atoms with van der Waals surface area (Å²) in [6.45, 7) is 8.23. The number of imidazole rings is 1. The number of rotatable bonds is 8. The Kier molecular flexibility index (Phi) is 9.12. The van der Waals surface area contributed by atoms with Crippen molar-refractivity contribution in [2.45, 2.75) is 58.5 Å². The number of amides is 1. The number of carbonyl (C=O) groups is 4. The summed E-state index contributed by atoms with van der Waals surface area (Å²) in [5, 5.41) is 22.3. The number of carboxylic acid groups (broad SMARTS) is 2. The Morgan fingerprint density at radius 2 is 1.90 bits per heavy atom. The van der Waals surface area contributed by atoms with Crippen LogP contribution in [0.3, 0.4) is 0 Å². The number of piperazine rings is 1. The predicted molar refractivity (Wildman–Crippen MR) is 153 cm³/mol. The molecule has 1 aromatic carbocycles. The summed E-state index contributed by atoms with van der Waals surface area (Å²) >= 11 is 6.59. The minimum Gasteiger partial charge on any atom is -0.478 e. The van der Waals surface area contributed by atoms with Crippen molar-refractivity contribution in [3.63, 3.8) is 0 Å². The summed E-state index contributed by atoms with van der Waals surface area (Å²) in [5.74, 6) is -5.14. The number of nitrogens with one attached hydrogen (secondary N) is 1. The van der Waals surface area contributed by atoms with E-state index in [4.69, 9.17) is 11.6 Å². The summed E-state index contributed by atoms with van der Waals surface area (Å²) in [6.07, 6.45) is 1.30. The zero-order valence-electron chi connectivity index (χ0n) is 23.9. The number of carboxylic acids is 2. The quantitative estimate of drug-likeness (QED) is 0.298. The number of carbonyl (C=O) groups excluding carboxylic acids is 2. The van der Waals surface area contributed by atoms with Crippen LogP contribution in [0.5, 0.6) is 0 Å². The highest BCUT2D eigenvalue weighted by atomic mass is 35.5. The molecule has 2 heterocycles. The van der Waals surface area contributed by atoms with Crippen molar-refractivity contribution < 1.29 is 38.5 Å². The van der Waals surface area contributed by atoms with E-state index >= 15 is 4.39 Å². The molecule has 0 unspecified atom stereocenters. The number of methoxy groups -OCH3 is 1. The number of benzene rings is 1. The highest BCUT2D eigenvalue weighted by molar-refractivity contribution is 6.34. The first-order valence-electron chi connectivity index (χ1n) is 13.8. The summed E-state index contributed by atoms with van der Waals surface area (Å²) in [4.78, 5) is 58.1. The second-order valence-electron chi connectivity index (χ2n) is 11.1. The van der Waals surface area contributed by atoms with Gasteiger partial charge in [0, 0.05) is 37.1 Å². The van der Waals surface area contributed by atoms with Crippen molar-refractivity contribution >= 4 is 57.8 Å². The molecule has 1 atom stereocenters. The van der Waals surface area contributed by atoms with Crippen molar-refractivity contribution in [2.75, 3.05) is 38.2 Å². The minimum atomic E-state index is -1.68. The maximum atomic E-state index is 16.6. The Hall–Kier alpha value is -3.71. The lowest BCUT2D eigenvalue weighted by molar-refractivity contribution is -0.133. The van der Waals surface area contributed by atoms with Crippen LogP contribution in [0.1, 0.15) is 57.1 Å². The Morgan fingerprint density at radius 1 is 1.24 bits per heavy atom. The summed E-state index contributed by atoms with van der Waals surface area (Å²) in [7, 11) is 1.25. The van der Waals surface area contributed by atoms with Crippen molar-refractivity contribution in [1.82, 2.24) is 19.8 Å². The Balaban J connectivity index is 1.86. The van der Waals surface area contributed by atoms with Crippen LogP contribution in [0.15, 0.2) is 12.1 Å². The van der Waals surface area contributed by atoms with Crippen LogP contribution in [-0.4, -0.2) is 93.9 Å². The van der Waals surface area contributed by atoms with Gasteiger partial charge >= 0.3 is 18.0 Å². The van der Waals surface area contributed by atoms with Gasteiger partial charge in [-0.1, -0.05) is 25.4 Å². The molecular weight excluding hydrogens is 573 g/mol. The molecule has 12 nitrogen and oxygen atoms in total. The van der Waals surface area contributed by atoms with Crippen molar-refractivity contribution in [3.8, 4) is 0 Å². The lowest BCUT2D eigenvalue weighted by Crippen LogP contribution is -2.52. The van der Waals surface area contributed by atoms with E-state index in [0.29, 0.717) is 51.4 Å². The fourth-order valence-electron chi connectivity index (χ4n) is 5.92. The number of alkyl carbamates (subject to hydrolysis) is 1. The monoisotopic (exact) mass is 607 g/mol. The smallest absolute Gasteiger partial charge is 0.407 e. The fraction of sp³-hybridized carbons (Fsp3) is 0.536. The normalized spacial score (nSPS) is 23.6. The lowest BCUT2D eigenvalue weighted by atomic mass is 9.71. The van der Waals surface area contributed by atoms with E-state index < -0.39 is 46.6 Å². The van der Waals surface area contributed by atoms with Crippen LogP contribution >= 0.6 is 11.6 Å². The molecule has 42 heavy (non-hydrogen) atoms. The number of halogens is 2. The minimum absolute atomic E-state index is 0.0354. The molecule has 2 fully saturated rings. The van der Waals surface area contributed by atoms with Crippen LogP contribution in [0.25, 0.3) is 16.7 Å². The molecule has 3 N–H and O–H groups in total. The number of nitrogens with zero attached hydrogens (tertiary/aromatic N) is 4. The van der Waals surface area contributed by atoms with Crippen LogP contribution in [0.4, 0.5) is 14.9 Å². The van der Waals surface area contributed by atoms with Crippen LogP contribution in [0, 0.1) is 11.2 Å². The summed E-state index contributed by atoms with van der Waals surface area (Å²) in [6, 6.07) is 1.01. The van der Waals surface area contributed by atoms with E-state index in [-0.39, 0.29) is 33.8 Å². The van der Waals surface area contributed by atoms with Gasteiger partial charge in [-0.3, -0.25) is 14.3 Å². The number of hydrogen-bond donors (Lipinski definition) is 3. The van der Waals surface area contributed by atoms with Gasteiger partial charge in [0.05, 0.1) is 29.4 Å². The molecule has 2 aromatic rings. The predicted octanol–water partition coefficient (Wildman–Crippen LogP) is 3.86. The molecule has 0 bridgehead atoms. The Labute approximate surface area is 247 Å². The van der Waals surface area contributed by atoms with E-state index in [0.717, 1.165) is 11.1 Å². The van der Waals surface area contributed by atoms with Crippen molar-refractivity contribution in [1.29, 1.82) is 0 Å². The van der Waals surface area contributed by atoms with Gasteiger partial charge in [0.15, 0.2) is 11.6 Å². The number of Topliss-reactive ketones (excluding diaryl/α,β-unsaturated/α-hetero) is 1. The van der Waals surface area contributed by atoms with Gasteiger partial charge in [-0.05, 0) is 45.2 Å². The molecule has 1 saturated carbocycles. The molecule has 4 rings (SSSR count). The molecule has 228 valence electrons. The maximum Gasteiger partial charge on any atom is 0.407 e. The average Bonchev–Trinajstić information content (AvgIpc) is 3.31. The van der Waals surface area contributed by atoms with E-state index in [1.165, 1.54) is 13.2 Å². The van der Waals surface area contributed by atoms with Crippen LogP contribution in [-0.2, 0) is 14.3 Å². The van der Waals surface area contributed by atoms with Gasteiger partial charge in [-0.2, -0.15) is 0 Å². The van der Waals surface area contributed by atoms with E-state index in [1.807, 2.05) is 13.8 Å². The molecule has 0 spiro atoms. The van der Waals surface area contributed by atoms with Gasteiger partial charge in [0.25, 0.3) is 0 Å². The number of anilines is 1. The summed E-state index contributed by atoms with van der Waals surface area (Å²) in [5.41, 5.74) is -2.27. The molecule has 1 aliphatic heterocycles. The third-order valence-corrected chi connectivity index (χ3v) is 8.61. The van der Waals surface area contributed by atoms with E-state index in [1.54, 1.807) is 11.8 Å². The van der Waals surface area contributed by atoms with Crippen molar-refractivity contribution in [3.05, 3.63) is 28.8 Å². The maximum absolute atomic E-state index is 16.6. The Bertz CT molecular complexity index is 1450. The van der Waals surface area contributed by atoms with E-state index in [9.17, 15) is 29.4 Å². The van der Waals surface area contributed by atoms with Crippen LogP contribution in [0.2, 0.25) is 5.02 Å². The van der Waals surface area contributed by atoms with E-state index in [2.05, 4.69) is 19.9 Å². The highest BCUT2D eigenvalue weighted by Gasteiger charge is 2.42. The second kappa shape index (κ2) is 12.3. The first-order valence-corrected chi connectivity index (χ1v) is 14.2. The lowest BCUT2D eigenvalue weighted by Gasteiger charge is -2.41. The largest absolute Gasteiger partial charge is 0.478 e. The highest BCUT2D eigenvalue weighted by Crippen LogP contribution is 2.42. The molecule has 14 heteroatoms. The molecular formula is C28H35ClFN5O7. The topological polar surface area (TPSA) is 154 Å². The first-order chi connectivity index (χ1) is 19.8. The summed E-state index contributed by atoms with van der Waals surface area (Å²) < 4.78 is 22.0. The molecule has 1 saturated heterocycles. The van der Waals surface area contributed by atoms with Gasteiger partial charge in [0.2, 0.25) is 5.78 Å². The Morgan fingerprint density at radius 3 is 2.45 bits per heavy atom. The number of ether oxygens (including phenoxy) is 1. The fourth-order valence-corrected chi connectivity index (χ4v) is 6.21. The standard InChI is InChI=1S/C28H35ClFN5O7/c1-5-33-10-11-34(15(2)14-33)22-17(29)12-18-23(21(22)30)35(19(26(39)40)13-20(36)37)25(32-18)24(38)28(3)8-6-16(7-9-28)31-27(41)42-4/h12-13,15-16H,5-11,14H2,1-4H3,(H,31,41)(H,36,37)(H,39,40)/b19-13-/t15-,16?,28?/m0/s1. The third kappa shape index (κ3) is 5.93. The molecule has 0 radical (unpaired) electrons. The van der Waals surface area contributed by atoms with Gasteiger partial charge in [-0.15, -0.1) is 0 Å². The molecule has 1 amide bonds. The number of aromatic nitrogens is 2. The first kappa shape index (κ1) is 31.2. The van der Waals surface area contributed by atoms with Crippen LogP contribution < -0.4 is 10.2 Å². The molecule has 2 aliphatic rings. The zero-order valence-corrected chi connectivity index (χ0v) is 24.7. The SMILES string of the molecule is CCN1CCN(c2c(Cl)cc3nc(C(=O)C4(C)CCC(NC(=O)OC)CC4)n(/C(=C\C(=O)O)C(=O)O)c3c2F)[C@@H](C)C1. The number of ketones is 1. The zero-order chi connectivity index (χ0) is 30.9. The number of hydrogen-bond acceptors (Lipinski definition) is 8. The number of fused-ring (bicyclic) bond motifs is 1.